The maximum Gasteiger partial charge on any atom is 0.164 e. The normalized spacial score (nSPS) is 20.9. The van der Waals surface area contributed by atoms with E-state index in [0.29, 0.717) is 50.5 Å². The number of ketones is 2. The van der Waals surface area contributed by atoms with Crippen molar-refractivity contribution in [3.8, 4) is 11.5 Å². The van der Waals surface area contributed by atoms with Gasteiger partial charge in [-0.3, -0.25) is 9.59 Å². The molecule has 0 spiro atoms. The largest absolute Gasteiger partial charge is 0.493 e. The van der Waals surface area contributed by atoms with E-state index in [1.807, 2.05) is 19.1 Å². The smallest absolute Gasteiger partial charge is 0.164 e. The van der Waals surface area contributed by atoms with Crippen molar-refractivity contribution in [1.29, 1.82) is 0 Å². The molecule has 2 aliphatic carbocycles. The summed E-state index contributed by atoms with van der Waals surface area (Å²) in [5.74, 6) is 1.10. The standard InChI is InChI=1S/C32H43NO5/c1-9-11-20-14-21(15-26(37-8)30(20)38-10-2)27-28-22(16-31(3,4)18-24(28)34)33(12-13-36-7)23-17-32(5,6)19-25(35)29(23)27/h9,14-15,27H,1,10-13,16-19H2,2-8H3. The Kier molecular flexibility index (Phi) is 7.94. The number of carbonyl (C=O) groups is 2. The van der Waals surface area contributed by atoms with Crippen molar-refractivity contribution in [2.75, 3.05) is 34.0 Å². The number of hydrogen-bond acceptors (Lipinski definition) is 6. The molecule has 0 amide bonds. The van der Waals surface area contributed by atoms with Gasteiger partial charge in [0.2, 0.25) is 0 Å². The Morgan fingerprint density at radius 1 is 0.974 bits per heavy atom. The van der Waals surface area contributed by atoms with Crippen LogP contribution in [0.1, 0.15) is 77.3 Å². The van der Waals surface area contributed by atoms with Gasteiger partial charge < -0.3 is 19.1 Å². The van der Waals surface area contributed by atoms with Gasteiger partial charge >= 0.3 is 0 Å². The Bertz CT molecular complexity index is 1150. The fourth-order valence-electron chi connectivity index (χ4n) is 6.45. The van der Waals surface area contributed by atoms with Crippen LogP contribution in [0.25, 0.3) is 0 Å². The average molecular weight is 522 g/mol. The lowest BCUT2D eigenvalue weighted by Gasteiger charge is -2.49. The van der Waals surface area contributed by atoms with Crippen molar-refractivity contribution in [3.05, 3.63) is 58.5 Å². The number of hydrogen-bond donors (Lipinski definition) is 0. The highest BCUT2D eigenvalue weighted by Crippen LogP contribution is 2.55. The topological polar surface area (TPSA) is 65.1 Å². The fraction of sp³-hybridized carbons (Fsp3) is 0.562. The molecule has 0 saturated heterocycles. The highest BCUT2D eigenvalue weighted by atomic mass is 16.5. The van der Waals surface area contributed by atoms with Gasteiger partial charge in [-0.25, -0.2) is 0 Å². The molecule has 1 aromatic rings. The molecule has 206 valence electrons. The van der Waals surface area contributed by atoms with E-state index in [4.69, 9.17) is 14.2 Å². The van der Waals surface area contributed by atoms with E-state index in [9.17, 15) is 9.59 Å². The van der Waals surface area contributed by atoms with Crippen molar-refractivity contribution >= 4 is 11.6 Å². The molecule has 1 aromatic carbocycles. The first-order chi connectivity index (χ1) is 18.0. The van der Waals surface area contributed by atoms with E-state index >= 15 is 0 Å². The second-order valence-electron chi connectivity index (χ2n) is 12.3. The van der Waals surface area contributed by atoms with E-state index in [0.717, 1.165) is 46.5 Å². The minimum Gasteiger partial charge on any atom is -0.493 e. The summed E-state index contributed by atoms with van der Waals surface area (Å²) in [6.07, 6.45) is 4.88. The molecule has 0 atom stereocenters. The third kappa shape index (κ3) is 5.20. The number of Topliss-reactive ketones (excluding diaryl/α,β-unsaturated/α-hetero) is 2. The Morgan fingerprint density at radius 3 is 2.03 bits per heavy atom. The molecule has 0 aromatic heterocycles. The minimum atomic E-state index is -0.431. The van der Waals surface area contributed by atoms with E-state index in [2.05, 4.69) is 45.2 Å². The molecule has 0 fully saturated rings. The van der Waals surface area contributed by atoms with Crippen LogP contribution in [-0.4, -0.2) is 50.4 Å². The molecule has 6 heteroatoms. The number of benzene rings is 1. The molecule has 38 heavy (non-hydrogen) atoms. The molecule has 0 radical (unpaired) electrons. The van der Waals surface area contributed by atoms with E-state index in [1.165, 1.54) is 0 Å². The van der Waals surface area contributed by atoms with Gasteiger partial charge in [-0.2, -0.15) is 0 Å². The maximum atomic E-state index is 14.0. The van der Waals surface area contributed by atoms with Gasteiger partial charge in [0.05, 0.1) is 20.3 Å². The zero-order valence-electron chi connectivity index (χ0n) is 24.2. The third-order valence-electron chi connectivity index (χ3n) is 7.90. The summed E-state index contributed by atoms with van der Waals surface area (Å²) >= 11 is 0. The summed E-state index contributed by atoms with van der Waals surface area (Å²) in [5.41, 5.74) is 5.09. The van der Waals surface area contributed by atoms with Crippen molar-refractivity contribution in [1.82, 2.24) is 4.90 Å². The summed E-state index contributed by atoms with van der Waals surface area (Å²) in [5, 5.41) is 0. The lowest BCUT2D eigenvalue weighted by molar-refractivity contribution is -0.119. The first-order valence-corrected chi connectivity index (χ1v) is 13.7. The van der Waals surface area contributed by atoms with Gasteiger partial charge in [-0.05, 0) is 48.6 Å². The maximum absolute atomic E-state index is 14.0. The lowest BCUT2D eigenvalue weighted by atomic mass is 9.63. The van der Waals surface area contributed by atoms with Crippen molar-refractivity contribution in [2.24, 2.45) is 10.8 Å². The Hall–Kier alpha value is -2.86. The molecule has 3 aliphatic rings. The number of allylic oxidation sites excluding steroid dienone is 5. The van der Waals surface area contributed by atoms with Gasteiger partial charge in [0.1, 0.15) is 0 Å². The summed E-state index contributed by atoms with van der Waals surface area (Å²) in [6, 6.07) is 4.04. The molecule has 0 N–H and O–H groups in total. The molecule has 0 bridgehead atoms. The van der Waals surface area contributed by atoms with Gasteiger partial charge in [0, 0.05) is 60.5 Å². The third-order valence-corrected chi connectivity index (χ3v) is 7.90. The molecule has 0 unspecified atom stereocenters. The van der Waals surface area contributed by atoms with Crippen LogP contribution in [0.5, 0.6) is 11.5 Å². The predicted molar refractivity (Wildman–Crippen MR) is 149 cm³/mol. The minimum absolute atomic E-state index is 0.117. The lowest BCUT2D eigenvalue weighted by Crippen LogP contribution is -2.45. The van der Waals surface area contributed by atoms with Crippen LogP contribution in [-0.2, 0) is 20.7 Å². The average Bonchev–Trinajstić information content (AvgIpc) is 2.82. The molecule has 1 aliphatic heterocycles. The quantitative estimate of drug-likeness (QED) is 0.363. The van der Waals surface area contributed by atoms with Gasteiger partial charge in [-0.1, -0.05) is 39.8 Å². The van der Waals surface area contributed by atoms with E-state index in [-0.39, 0.29) is 22.4 Å². The van der Waals surface area contributed by atoms with Crippen LogP contribution < -0.4 is 9.47 Å². The zero-order chi connectivity index (χ0) is 27.8. The highest BCUT2D eigenvalue weighted by Gasteiger charge is 2.49. The van der Waals surface area contributed by atoms with Crippen molar-refractivity contribution < 1.29 is 23.8 Å². The van der Waals surface area contributed by atoms with Crippen LogP contribution in [0.4, 0.5) is 0 Å². The van der Waals surface area contributed by atoms with Crippen LogP contribution >= 0.6 is 0 Å². The summed E-state index contributed by atoms with van der Waals surface area (Å²) in [4.78, 5) is 30.2. The van der Waals surface area contributed by atoms with E-state index in [1.54, 1.807) is 14.2 Å². The summed E-state index contributed by atoms with van der Waals surface area (Å²) < 4.78 is 17.3. The first-order valence-electron chi connectivity index (χ1n) is 13.7. The summed E-state index contributed by atoms with van der Waals surface area (Å²) in [6.45, 7) is 16.1. The van der Waals surface area contributed by atoms with Gasteiger partial charge in [0.15, 0.2) is 23.1 Å². The zero-order valence-corrected chi connectivity index (χ0v) is 24.2. The molecular formula is C32H43NO5. The first kappa shape index (κ1) is 28.2. The number of rotatable bonds is 9. The monoisotopic (exact) mass is 521 g/mol. The molecule has 4 rings (SSSR count). The Labute approximate surface area is 227 Å². The van der Waals surface area contributed by atoms with Gasteiger partial charge in [0.25, 0.3) is 0 Å². The number of carbonyl (C=O) groups excluding carboxylic acids is 2. The molecular weight excluding hydrogens is 478 g/mol. The second kappa shape index (κ2) is 10.7. The van der Waals surface area contributed by atoms with E-state index < -0.39 is 5.92 Å². The highest BCUT2D eigenvalue weighted by molar-refractivity contribution is 6.06. The molecule has 1 heterocycles. The summed E-state index contributed by atoms with van der Waals surface area (Å²) in [7, 11) is 3.32. The number of ether oxygens (including phenoxy) is 3. The van der Waals surface area contributed by atoms with Crippen LogP contribution in [0.2, 0.25) is 0 Å². The van der Waals surface area contributed by atoms with Crippen LogP contribution in [0.3, 0.4) is 0 Å². The molecule has 6 nitrogen and oxygen atoms in total. The van der Waals surface area contributed by atoms with Gasteiger partial charge in [-0.15, -0.1) is 6.58 Å². The second-order valence-corrected chi connectivity index (χ2v) is 12.3. The fourth-order valence-corrected chi connectivity index (χ4v) is 6.45. The Morgan fingerprint density at radius 2 is 1.55 bits per heavy atom. The molecule has 0 saturated carbocycles. The van der Waals surface area contributed by atoms with Crippen molar-refractivity contribution in [2.45, 2.75) is 72.6 Å². The number of nitrogens with zero attached hydrogens (tertiary/aromatic N) is 1. The SMILES string of the molecule is C=CCc1cc(C2C3=C(CC(C)(C)CC3=O)N(CCOC)C3=C2C(=O)CC(C)(C)C3)cc(OC)c1OCC. The van der Waals surface area contributed by atoms with Crippen LogP contribution in [0, 0.1) is 10.8 Å². The predicted octanol–water partition coefficient (Wildman–Crippen LogP) is 6.15. The van der Waals surface area contributed by atoms with Crippen LogP contribution in [0.15, 0.2) is 47.3 Å². The Balaban J connectivity index is 2.03. The van der Waals surface area contributed by atoms with Crippen molar-refractivity contribution in [3.63, 3.8) is 0 Å². The number of methoxy groups -OCH3 is 2.